The highest BCUT2D eigenvalue weighted by molar-refractivity contribution is 7.89. The van der Waals surface area contributed by atoms with Gasteiger partial charge in [0, 0.05) is 13.1 Å². The Morgan fingerprint density at radius 3 is 2.26 bits per heavy atom. The highest BCUT2D eigenvalue weighted by atomic mass is 35.5. The smallest absolute Gasteiger partial charge is 0.243 e. The monoisotopic (exact) mass is 362 g/mol. The fourth-order valence-corrected chi connectivity index (χ4v) is 4.22. The van der Waals surface area contributed by atoms with E-state index in [0.29, 0.717) is 29.7 Å². The van der Waals surface area contributed by atoms with Crippen molar-refractivity contribution in [3.63, 3.8) is 0 Å². The number of hydrogen-bond acceptors (Lipinski definition) is 4. The fourth-order valence-electron chi connectivity index (χ4n) is 2.75. The van der Waals surface area contributed by atoms with E-state index in [0.717, 1.165) is 19.4 Å². The average Bonchev–Trinajstić information content (AvgIpc) is 2.48. The van der Waals surface area contributed by atoms with Gasteiger partial charge < -0.3 is 10.1 Å². The zero-order valence-electron chi connectivity index (χ0n) is 14.0. The van der Waals surface area contributed by atoms with Gasteiger partial charge in [-0.15, -0.1) is 12.4 Å². The van der Waals surface area contributed by atoms with Gasteiger partial charge in [-0.1, -0.05) is 0 Å². The quantitative estimate of drug-likeness (QED) is 0.844. The van der Waals surface area contributed by atoms with E-state index in [1.165, 1.54) is 0 Å². The summed E-state index contributed by atoms with van der Waals surface area (Å²) >= 11 is 0. The number of sulfonamides is 1. The summed E-state index contributed by atoms with van der Waals surface area (Å²) in [7, 11) is -1.45. The highest BCUT2D eigenvalue weighted by Gasteiger charge is 2.29. The Balaban J connectivity index is 0.00000264. The number of nitrogens with one attached hydrogen (secondary N) is 1. The molecule has 23 heavy (non-hydrogen) atoms. The molecule has 0 radical (unpaired) electrons. The first-order chi connectivity index (χ1) is 10.4. The molecule has 1 aromatic rings. The first kappa shape index (κ1) is 20.2. The average molecular weight is 363 g/mol. The molecular weight excluding hydrogens is 336 g/mol. The molecule has 1 heterocycles. The summed E-state index contributed by atoms with van der Waals surface area (Å²) in [5, 5.41) is 3.16. The molecule has 1 aliphatic heterocycles. The third-order valence-electron chi connectivity index (χ3n) is 3.90. The first-order valence-corrected chi connectivity index (χ1v) is 9.29. The van der Waals surface area contributed by atoms with Gasteiger partial charge in [-0.05, 0) is 70.5 Å². The normalized spacial score (nSPS) is 17.0. The molecule has 7 heteroatoms. The van der Waals surface area contributed by atoms with Crippen LogP contribution in [0.3, 0.4) is 0 Å². The molecule has 1 N–H and O–H groups in total. The van der Waals surface area contributed by atoms with Crippen LogP contribution in [0.25, 0.3) is 0 Å². The summed E-state index contributed by atoms with van der Waals surface area (Å²) in [6.45, 7) is 6.03. The number of benzene rings is 1. The van der Waals surface area contributed by atoms with Gasteiger partial charge >= 0.3 is 0 Å². The van der Waals surface area contributed by atoms with Crippen LogP contribution >= 0.6 is 12.4 Å². The van der Waals surface area contributed by atoms with Crippen molar-refractivity contribution in [2.24, 2.45) is 5.92 Å². The molecule has 1 aliphatic rings. The van der Waals surface area contributed by atoms with Crippen LogP contribution in [0.1, 0.15) is 26.7 Å². The summed E-state index contributed by atoms with van der Waals surface area (Å²) in [6.07, 6.45) is 1.90. The molecule has 0 saturated carbocycles. The molecule has 1 saturated heterocycles. The fraction of sp³-hybridized carbons (Fsp3) is 0.625. The van der Waals surface area contributed by atoms with Gasteiger partial charge in [-0.3, -0.25) is 0 Å². The van der Waals surface area contributed by atoms with Crippen molar-refractivity contribution in [1.82, 2.24) is 9.62 Å². The van der Waals surface area contributed by atoms with Crippen molar-refractivity contribution in [2.75, 3.05) is 26.7 Å². The minimum absolute atomic E-state index is 0. The van der Waals surface area contributed by atoms with Crippen LogP contribution in [0.4, 0.5) is 0 Å². The standard InChI is InChI=1S/C16H26N2O3S.ClH/c1-13(2)21-15-4-6-16(7-5-15)22(19,20)18-10-8-14(9-11-18)12-17-3;/h4-7,13-14,17H,8-12H2,1-3H3;1H. The molecule has 0 spiro atoms. The lowest BCUT2D eigenvalue weighted by Crippen LogP contribution is -2.40. The SMILES string of the molecule is CNCC1CCN(S(=O)(=O)c2ccc(OC(C)C)cc2)CC1.Cl. The van der Waals surface area contributed by atoms with Crippen molar-refractivity contribution < 1.29 is 13.2 Å². The molecule has 0 amide bonds. The van der Waals surface area contributed by atoms with Gasteiger partial charge in [0.25, 0.3) is 0 Å². The predicted octanol–water partition coefficient (Wildman–Crippen LogP) is 2.52. The van der Waals surface area contributed by atoms with Crippen molar-refractivity contribution in [3.8, 4) is 5.75 Å². The van der Waals surface area contributed by atoms with Crippen molar-refractivity contribution in [3.05, 3.63) is 24.3 Å². The molecule has 0 aliphatic carbocycles. The van der Waals surface area contributed by atoms with Crippen LogP contribution in [0.5, 0.6) is 5.75 Å². The van der Waals surface area contributed by atoms with Crippen LogP contribution in [0.15, 0.2) is 29.2 Å². The van der Waals surface area contributed by atoms with Gasteiger partial charge in [0.05, 0.1) is 11.0 Å². The summed E-state index contributed by atoms with van der Waals surface area (Å²) in [6, 6.07) is 6.71. The molecule has 2 rings (SSSR count). The summed E-state index contributed by atoms with van der Waals surface area (Å²) in [5.74, 6) is 1.26. The molecule has 5 nitrogen and oxygen atoms in total. The predicted molar refractivity (Wildman–Crippen MR) is 94.9 cm³/mol. The van der Waals surface area contributed by atoms with Crippen LogP contribution in [-0.4, -0.2) is 45.5 Å². The van der Waals surface area contributed by atoms with Crippen LogP contribution in [0, 0.1) is 5.92 Å². The molecule has 0 atom stereocenters. The Labute approximate surface area is 145 Å². The molecule has 0 bridgehead atoms. The van der Waals surface area contributed by atoms with Crippen molar-refractivity contribution in [1.29, 1.82) is 0 Å². The Hall–Kier alpha value is -0.820. The number of halogens is 1. The Bertz CT molecular complexity index is 567. The highest BCUT2D eigenvalue weighted by Crippen LogP contribution is 2.25. The minimum atomic E-state index is -3.39. The van der Waals surface area contributed by atoms with E-state index >= 15 is 0 Å². The first-order valence-electron chi connectivity index (χ1n) is 7.85. The summed E-state index contributed by atoms with van der Waals surface area (Å²) in [5.41, 5.74) is 0. The molecule has 1 aromatic carbocycles. The van der Waals surface area contributed by atoms with Crippen LogP contribution < -0.4 is 10.1 Å². The molecule has 1 fully saturated rings. The van der Waals surface area contributed by atoms with E-state index in [9.17, 15) is 8.42 Å². The van der Waals surface area contributed by atoms with E-state index in [2.05, 4.69) is 5.32 Å². The molecular formula is C16H27ClN2O3S. The number of hydrogen-bond donors (Lipinski definition) is 1. The second-order valence-electron chi connectivity index (χ2n) is 6.04. The summed E-state index contributed by atoms with van der Waals surface area (Å²) in [4.78, 5) is 0.343. The lowest BCUT2D eigenvalue weighted by molar-refractivity contribution is 0.242. The second kappa shape index (κ2) is 8.87. The zero-order chi connectivity index (χ0) is 16.2. The van der Waals surface area contributed by atoms with E-state index in [-0.39, 0.29) is 18.5 Å². The van der Waals surface area contributed by atoms with Gasteiger partial charge in [0.15, 0.2) is 0 Å². The van der Waals surface area contributed by atoms with Gasteiger partial charge in [0.2, 0.25) is 10.0 Å². The van der Waals surface area contributed by atoms with Crippen molar-refractivity contribution in [2.45, 2.75) is 37.7 Å². The van der Waals surface area contributed by atoms with E-state index in [1.807, 2.05) is 20.9 Å². The Morgan fingerprint density at radius 1 is 1.22 bits per heavy atom. The lowest BCUT2D eigenvalue weighted by atomic mass is 9.98. The van der Waals surface area contributed by atoms with Gasteiger partial charge in [-0.25, -0.2) is 8.42 Å². The maximum Gasteiger partial charge on any atom is 0.243 e. The zero-order valence-corrected chi connectivity index (χ0v) is 15.6. The maximum absolute atomic E-state index is 12.7. The minimum Gasteiger partial charge on any atom is -0.491 e. The molecule has 132 valence electrons. The molecule has 0 unspecified atom stereocenters. The number of piperidine rings is 1. The maximum atomic E-state index is 12.7. The van der Waals surface area contributed by atoms with Gasteiger partial charge in [0.1, 0.15) is 5.75 Å². The Morgan fingerprint density at radius 2 is 1.78 bits per heavy atom. The largest absolute Gasteiger partial charge is 0.491 e. The number of ether oxygens (including phenoxy) is 1. The van der Waals surface area contributed by atoms with Crippen LogP contribution in [0.2, 0.25) is 0 Å². The topological polar surface area (TPSA) is 58.6 Å². The van der Waals surface area contributed by atoms with E-state index in [4.69, 9.17) is 4.74 Å². The van der Waals surface area contributed by atoms with Gasteiger partial charge in [-0.2, -0.15) is 4.31 Å². The lowest BCUT2D eigenvalue weighted by Gasteiger charge is -2.31. The number of rotatable bonds is 6. The van der Waals surface area contributed by atoms with Crippen LogP contribution in [-0.2, 0) is 10.0 Å². The third kappa shape index (κ3) is 5.35. The van der Waals surface area contributed by atoms with E-state index in [1.54, 1.807) is 28.6 Å². The van der Waals surface area contributed by atoms with E-state index < -0.39 is 10.0 Å². The third-order valence-corrected chi connectivity index (χ3v) is 5.81. The Kier molecular flexibility index (Phi) is 7.80. The second-order valence-corrected chi connectivity index (χ2v) is 7.98. The number of nitrogens with zero attached hydrogens (tertiary/aromatic N) is 1. The summed E-state index contributed by atoms with van der Waals surface area (Å²) < 4.78 is 32.5. The molecule has 0 aromatic heterocycles. The van der Waals surface area contributed by atoms with Crippen molar-refractivity contribution >= 4 is 22.4 Å².